The first-order valence-electron chi connectivity index (χ1n) is 8.74. The zero-order valence-corrected chi connectivity index (χ0v) is 14.7. The number of halogens is 1. The average molecular weight is 367 g/mol. The topological polar surface area (TPSA) is 79.4 Å². The molecule has 1 aliphatic heterocycles. The van der Waals surface area contributed by atoms with Crippen LogP contribution < -0.4 is 5.32 Å². The minimum absolute atomic E-state index is 0.210. The van der Waals surface area contributed by atoms with E-state index in [2.05, 4.69) is 20.2 Å². The second-order valence-corrected chi connectivity index (χ2v) is 6.92. The number of oxazole rings is 1. The second kappa shape index (κ2) is 6.04. The van der Waals surface area contributed by atoms with Crippen molar-refractivity contribution in [3.05, 3.63) is 47.8 Å². The van der Waals surface area contributed by atoms with Crippen LogP contribution in [0.15, 0.2) is 40.8 Å². The molecule has 0 spiro atoms. The van der Waals surface area contributed by atoms with Gasteiger partial charge in [-0.1, -0.05) is 6.07 Å². The number of rotatable bonds is 4. The highest BCUT2D eigenvalue weighted by Gasteiger charge is 2.24. The smallest absolute Gasteiger partial charge is 0.302 e. The molecule has 2 N–H and O–H groups in total. The summed E-state index contributed by atoms with van der Waals surface area (Å²) in [6.07, 6.45) is -0.210. The Morgan fingerprint density at radius 2 is 2.04 bits per heavy atom. The van der Waals surface area contributed by atoms with Crippen LogP contribution >= 0.6 is 0 Å². The summed E-state index contributed by atoms with van der Waals surface area (Å²) in [7, 11) is 1.85. The lowest BCUT2D eigenvalue weighted by atomic mass is 10.1. The van der Waals surface area contributed by atoms with Gasteiger partial charge in [0.25, 0.3) is 0 Å². The third-order valence-electron chi connectivity index (χ3n) is 4.86. The number of fused-ring (bicyclic) bond motifs is 2. The molecule has 2 aromatic carbocycles. The third-order valence-corrected chi connectivity index (χ3v) is 4.86. The number of nitrogens with one attached hydrogen (secondary N) is 1. The Labute approximate surface area is 154 Å². The molecule has 0 bridgehead atoms. The van der Waals surface area contributed by atoms with Gasteiger partial charge in [0.1, 0.15) is 11.3 Å². The second-order valence-electron chi connectivity index (χ2n) is 6.92. The van der Waals surface area contributed by atoms with Crippen molar-refractivity contribution in [3.63, 3.8) is 0 Å². The fraction of sp³-hybridized carbons (Fsp3) is 0.263. The van der Waals surface area contributed by atoms with Crippen molar-refractivity contribution in [2.24, 2.45) is 7.05 Å². The highest BCUT2D eigenvalue weighted by molar-refractivity contribution is 5.80. The Kier molecular flexibility index (Phi) is 3.63. The van der Waals surface area contributed by atoms with Crippen LogP contribution in [0.4, 0.5) is 16.4 Å². The molecule has 0 saturated carbocycles. The minimum Gasteiger partial charge on any atom is -0.423 e. The maximum Gasteiger partial charge on any atom is 0.302 e. The van der Waals surface area contributed by atoms with Gasteiger partial charge in [0, 0.05) is 32.7 Å². The van der Waals surface area contributed by atoms with Crippen LogP contribution in [0, 0.1) is 5.82 Å². The Morgan fingerprint density at radius 3 is 2.85 bits per heavy atom. The molecule has 7 nitrogen and oxygen atoms in total. The summed E-state index contributed by atoms with van der Waals surface area (Å²) in [6.45, 7) is 2.19. The van der Waals surface area contributed by atoms with Crippen molar-refractivity contribution in [2.75, 3.05) is 18.4 Å². The quantitative estimate of drug-likeness (QED) is 0.577. The van der Waals surface area contributed by atoms with Gasteiger partial charge < -0.3 is 14.1 Å². The van der Waals surface area contributed by atoms with Crippen LogP contribution in [-0.4, -0.2) is 43.7 Å². The molecule has 1 aliphatic rings. The van der Waals surface area contributed by atoms with Crippen molar-refractivity contribution < 1.29 is 13.9 Å². The lowest BCUT2D eigenvalue weighted by Gasteiger charge is -2.35. The molecule has 1 saturated heterocycles. The number of hydrogen-bond donors (Lipinski definition) is 2. The molecule has 0 aliphatic carbocycles. The van der Waals surface area contributed by atoms with Crippen LogP contribution in [-0.2, 0) is 13.6 Å². The molecule has 5 rings (SSSR count). The van der Waals surface area contributed by atoms with Gasteiger partial charge in [-0.05, 0) is 29.8 Å². The van der Waals surface area contributed by atoms with E-state index >= 15 is 0 Å². The van der Waals surface area contributed by atoms with Gasteiger partial charge in [0.05, 0.1) is 17.1 Å². The molecule has 138 valence electrons. The van der Waals surface area contributed by atoms with Crippen LogP contribution in [0.2, 0.25) is 0 Å². The molecule has 27 heavy (non-hydrogen) atoms. The van der Waals surface area contributed by atoms with E-state index in [0.717, 1.165) is 23.1 Å². The fourth-order valence-electron chi connectivity index (χ4n) is 3.44. The summed E-state index contributed by atoms with van der Waals surface area (Å²) in [5.41, 5.74) is 3.92. The fourth-order valence-corrected chi connectivity index (χ4v) is 3.44. The molecular weight excluding hydrogens is 349 g/mol. The van der Waals surface area contributed by atoms with E-state index in [4.69, 9.17) is 4.42 Å². The largest absolute Gasteiger partial charge is 0.423 e. The van der Waals surface area contributed by atoms with E-state index in [9.17, 15) is 9.50 Å². The first kappa shape index (κ1) is 16.2. The highest BCUT2D eigenvalue weighted by atomic mass is 19.1. The maximum atomic E-state index is 13.4. The van der Waals surface area contributed by atoms with Gasteiger partial charge in [-0.15, -0.1) is 0 Å². The number of aliphatic hydroxyl groups is 1. The van der Waals surface area contributed by atoms with E-state index < -0.39 is 0 Å². The Bertz CT molecular complexity index is 1150. The number of benzene rings is 2. The van der Waals surface area contributed by atoms with Crippen molar-refractivity contribution >= 4 is 34.1 Å². The van der Waals surface area contributed by atoms with Gasteiger partial charge in [-0.3, -0.25) is 10.2 Å². The lowest BCUT2D eigenvalue weighted by molar-refractivity contribution is -0.00284. The standard InChI is InChI=1S/C19H18FN5O2/c1-24-16-4-3-12(20)7-14(16)21-18(24)23-19-22-15-6-11(2-5-17(15)27-19)8-25-9-13(26)10-25/h2-7,13,26H,8-10H2,1H3,(H,21,22,23). The van der Waals surface area contributed by atoms with E-state index in [-0.39, 0.29) is 11.9 Å². The van der Waals surface area contributed by atoms with Crippen LogP contribution in [0.5, 0.6) is 0 Å². The Balaban J connectivity index is 1.41. The molecule has 0 amide bonds. The number of hydrogen-bond acceptors (Lipinski definition) is 6. The van der Waals surface area contributed by atoms with Crippen LogP contribution in [0.1, 0.15) is 5.56 Å². The monoisotopic (exact) mass is 367 g/mol. The molecule has 3 heterocycles. The Hall–Kier alpha value is -2.97. The maximum absolute atomic E-state index is 13.4. The van der Waals surface area contributed by atoms with E-state index in [1.807, 2.05) is 29.8 Å². The van der Waals surface area contributed by atoms with E-state index in [0.29, 0.717) is 36.2 Å². The third kappa shape index (κ3) is 2.92. The summed E-state index contributed by atoms with van der Waals surface area (Å²) in [5, 5.41) is 12.5. The molecule has 4 aromatic rings. The van der Waals surface area contributed by atoms with Crippen LogP contribution in [0.25, 0.3) is 22.1 Å². The van der Waals surface area contributed by atoms with Crippen LogP contribution in [0.3, 0.4) is 0 Å². The van der Waals surface area contributed by atoms with Gasteiger partial charge in [-0.2, -0.15) is 4.98 Å². The van der Waals surface area contributed by atoms with Crippen molar-refractivity contribution in [2.45, 2.75) is 12.6 Å². The van der Waals surface area contributed by atoms with E-state index in [1.165, 1.54) is 12.1 Å². The van der Waals surface area contributed by atoms with Gasteiger partial charge in [0.15, 0.2) is 5.58 Å². The molecule has 0 radical (unpaired) electrons. The number of aryl methyl sites for hydroxylation is 1. The zero-order valence-electron chi connectivity index (χ0n) is 14.7. The van der Waals surface area contributed by atoms with Crippen molar-refractivity contribution in [1.29, 1.82) is 0 Å². The summed E-state index contributed by atoms with van der Waals surface area (Å²) in [4.78, 5) is 11.1. The summed E-state index contributed by atoms with van der Waals surface area (Å²) in [6, 6.07) is 10.7. The van der Waals surface area contributed by atoms with Gasteiger partial charge in [-0.25, -0.2) is 9.37 Å². The molecule has 1 fully saturated rings. The first-order valence-corrected chi connectivity index (χ1v) is 8.74. The lowest BCUT2D eigenvalue weighted by Crippen LogP contribution is -2.49. The predicted octanol–water partition coefficient (Wildman–Crippen LogP) is 2.77. The molecule has 2 aromatic heterocycles. The number of β-amino-alcohol motifs (C(OH)–C–C–N with tert-alkyl or cyclic N) is 1. The molecule has 0 atom stereocenters. The number of anilines is 2. The normalized spacial score (nSPS) is 15.5. The number of imidazole rings is 1. The number of aliphatic hydroxyl groups excluding tert-OH is 1. The zero-order chi connectivity index (χ0) is 18.5. The summed E-state index contributed by atoms with van der Waals surface area (Å²) in [5.74, 6) is 0.202. The van der Waals surface area contributed by atoms with E-state index in [1.54, 1.807) is 6.07 Å². The number of likely N-dealkylation sites (tertiary alicyclic amines) is 1. The summed E-state index contributed by atoms with van der Waals surface area (Å²) >= 11 is 0. The predicted molar refractivity (Wildman–Crippen MR) is 99.2 cm³/mol. The van der Waals surface area contributed by atoms with Crippen molar-refractivity contribution in [3.8, 4) is 0 Å². The molecular formula is C19H18FN5O2. The Morgan fingerprint density at radius 1 is 1.19 bits per heavy atom. The SMILES string of the molecule is Cn1c(Nc2nc3cc(CN4CC(O)C4)ccc3o2)nc2cc(F)ccc21. The summed E-state index contributed by atoms with van der Waals surface area (Å²) < 4.78 is 21.0. The first-order chi connectivity index (χ1) is 13.0. The number of nitrogens with zero attached hydrogens (tertiary/aromatic N) is 4. The molecule has 0 unspecified atom stereocenters. The minimum atomic E-state index is -0.323. The van der Waals surface area contributed by atoms with Crippen molar-refractivity contribution in [1.82, 2.24) is 19.4 Å². The number of aromatic nitrogens is 3. The molecule has 8 heteroatoms. The van der Waals surface area contributed by atoms with Gasteiger partial charge in [0.2, 0.25) is 5.95 Å². The van der Waals surface area contributed by atoms with Gasteiger partial charge >= 0.3 is 6.01 Å². The highest BCUT2D eigenvalue weighted by Crippen LogP contribution is 2.26. The average Bonchev–Trinajstić information content (AvgIpc) is 3.14.